The van der Waals surface area contributed by atoms with E-state index in [1.807, 2.05) is 6.92 Å². The monoisotopic (exact) mass is 274 g/mol. The molecule has 1 aliphatic heterocycles. The van der Waals surface area contributed by atoms with Crippen molar-refractivity contribution in [3.63, 3.8) is 0 Å². The van der Waals surface area contributed by atoms with Crippen LogP contribution >= 0.6 is 0 Å². The maximum Gasteiger partial charge on any atom is 0.337 e. The van der Waals surface area contributed by atoms with Gasteiger partial charge in [-0.2, -0.15) is 0 Å². The molecule has 1 saturated heterocycles. The minimum absolute atomic E-state index is 0.190. The molecule has 4 nitrogen and oxygen atoms in total. The largest absolute Gasteiger partial charge is 0.434 e. The molecule has 0 amide bonds. The van der Waals surface area contributed by atoms with Gasteiger partial charge < -0.3 is 13.9 Å². The fourth-order valence-electron chi connectivity index (χ4n) is 1.48. The first-order valence-electron chi connectivity index (χ1n) is 6.67. The van der Waals surface area contributed by atoms with Crippen LogP contribution in [0.1, 0.15) is 40.5 Å². The van der Waals surface area contributed by atoms with Gasteiger partial charge in [0.25, 0.3) is 0 Å². The number of cyclic esters (lactones) is 1. The minimum Gasteiger partial charge on any atom is -0.434 e. The van der Waals surface area contributed by atoms with Crippen LogP contribution in [0.15, 0.2) is 0 Å². The summed E-state index contributed by atoms with van der Waals surface area (Å²) in [7, 11) is -1.73. The van der Waals surface area contributed by atoms with Gasteiger partial charge in [-0.15, -0.1) is 0 Å². The van der Waals surface area contributed by atoms with E-state index in [1.54, 1.807) is 0 Å². The average Bonchev–Trinajstić information content (AvgIpc) is 2.58. The first-order valence-corrected chi connectivity index (χ1v) is 9.58. The highest BCUT2D eigenvalue weighted by molar-refractivity contribution is 6.74. The molecule has 0 aromatic heterocycles. The van der Waals surface area contributed by atoms with Gasteiger partial charge in [0.05, 0.1) is 0 Å². The Morgan fingerprint density at radius 3 is 2.39 bits per heavy atom. The van der Waals surface area contributed by atoms with Crippen LogP contribution in [0.4, 0.5) is 0 Å². The van der Waals surface area contributed by atoms with Crippen LogP contribution < -0.4 is 0 Å². The number of ether oxygens (including phenoxy) is 2. The molecule has 1 aliphatic rings. The van der Waals surface area contributed by atoms with Gasteiger partial charge in [0, 0.05) is 19.4 Å². The number of hydrogen-bond acceptors (Lipinski definition) is 4. The Balaban J connectivity index is 2.37. The van der Waals surface area contributed by atoms with Crippen molar-refractivity contribution in [2.75, 3.05) is 6.61 Å². The predicted octanol–water partition coefficient (Wildman–Crippen LogP) is 3.08. The molecule has 1 fully saturated rings. The van der Waals surface area contributed by atoms with Gasteiger partial charge in [-0.1, -0.05) is 27.7 Å². The molecule has 0 aliphatic carbocycles. The van der Waals surface area contributed by atoms with Gasteiger partial charge in [-0.3, -0.25) is 0 Å². The van der Waals surface area contributed by atoms with Gasteiger partial charge in [-0.05, 0) is 18.1 Å². The van der Waals surface area contributed by atoms with E-state index in [0.29, 0.717) is 19.4 Å². The Hall–Kier alpha value is -0.393. The standard InChI is InChI=1S/C13H26O4Si/c1-7-11-16-10(12(14)17-11)8-9-15-18(5,6)13(2,3)4/h10-11H,7-9H2,1-6H3/t10-,11?/m0/s1. The van der Waals surface area contributed by atoms with Crippen molar-refractivity contribution >= 4 is 14.3 Å². The van der Waals surface area contributed by atoms with E-state index in [2.05, 4.69) is 33.9 Å². The number of carbonyl (C=O) groups is 1. The number of carbonyl (C=O) groups excluding carboxylic acids is 1. The van der Waals surface area contributed by atoms with Crippen LogP contribution in [-0.2, 0) is 18.7 Å². The topological polar surface area (TPSA) is 44.8 Å². The molecule has 1 heterocycles. The van der Waals surface area contributed by atoms with Crippen LogP contribution in [-0.4, -0.2) is 33.3 Å². The smallest absolute Gasteiger partial charge is 0.337 e. The molecule has 0 N–H and O–H groups in total. The van der Waals surface area contributed by atoms with Crippen LogP contribution in [0.2, 0.25) is 18.1 Å². The van der Waals surface area contributed by atoms with Crippen molar-refractivity contribution in [1.82, 2.24) is 0 Å². The lowest BCUT2D eigenvalue weighted by Crippen LogP contribution is -2.41. The van der Waals surface area contributed by atoms with Gasteiger partial charge in [0.1, 0.15) is 0 Å². The van der Waals surface area contributed by atoms with E-state index < -0.39 is 14.4 Å². The molecule has 0 aromatic carbocycles. The number of esters is 1. The first-order chi connectivity index (χ1) is 8.17. The molecule has 0 spiro atoms. The fraction of sp³-hybridized carbons (Fsp3) is 0.923. The third kappa shape index (κ3) is 3.80. The van der Waals surface area contributed by atoms with E-state index in [0.717, 1.165) is 0 Å². The third-order valence-electron chi connectivity index (χ3n) is 3.81. The van der Waals surface area contributed by atoms with Crippen molar-refractivity contribution in [3.8, 4) is 0 Å². The summed E-state index contributed by atoms with van der Waals surface area (Å²) in [5.74, 6) is -0.249. The molecule has 1 unspecified atom stereocenters. The van der Waals surface area contributed by atoms with Crippen molar-refractivity contribution in [1.29, 1.82) is 0 Å². The van der Waals surface area contributed by atoms with Crippen LogP contribution in [0.3, 0.4) is 0 Å². The molecule has 0 radical (unpaired) electrons. The highest BCUT2D eigenvalue weighted by Crippen LogP contribution is 2.36. The summed E-state index contributed by atoms with van der Waals surface area (Å²) in [6.07, 6.45) is 0.475. The Bertz CT molecular complexity index is 296. The predicted molar refractivity (Wildman–Crippen MR) is 72.8 cm³/mol. The second kappa shape index (κ2) is 5.71. The van der Waals surface area contributed by atoms with E-state index in [1.165, 1.54) is 0 Å². The zero-order valence-electron chi connectivity index (χ0n) is 12.4. The van der Waals surface area contributed by atoms with Gasteiger partial charge in [0.15, 0.2) is 14.4 Å². The maximum atomic E-state index is 11.5. The summed E-state index contributed by atoms with van der Waals surface area (Å²) >= 11 is 0. The molecule has 18 heavy (non-hydrogen) atoms. The highest BCUT2D eigenvalue weighted by atomic mass is 28.4. The molecule has 0 saturated carbocycles. The summed E-state index contributed by atoms with van der Waals surface area (Å²) in [5.41, 5.74) is 0. The molecule has 2 atom stereocenters. The van der Waals surface area contributed by atoms with Crippen molar-refractivity contribution < 1.29 is 18.7 Å². The average molecular weight is 274 g/mol. The van der Waals surface area contributed by atoms with Gasteiger partial charge in [-0.25, -0.2) is 4.79 Å². The molecule has 0 bridgehead atoms. The van der Waals surface area contributed by atoms with Crippen molar-refractivity contribution in [2.24, 2.45) is 0 Å². The second-order valence-corrected chi connectivity index (χ2v) is 11.1. The summed E-state index contributed by atoms with van der Waals surface area (Å²) in [5, 5.41) is 0.190. The SMILES string of the molecule is CCC1OC(=O)[C@H](CCO[Si](C)(C)C(C)(C)C)O1. The third-order valence-corrected chi connectivity index (χ3v) is 8.35. The summed E-state index contributed by atoms with van der Waals surface area (Å²) in [6.45, 7) is 13.5. The molecular formula is C13H26O4Si. The Kier molecular flexibility index (Phi) is 4.97. The van der Waals surface area contributed by atoms with Crippen LogP contribution in [0, 0.1) is 0 Å². The van der Waals surface area contributed by atoms with E-state index >= 15 is 0 Å². The quantitative estimate of drug-likeness (QED) is 0.571. The molecule has 0 aromatic rings. The molecule has 1 rings (SSSR count). The Morgan fingerprint density at radius 2 is 1.94 bits per heavy atom. The normalized spacial score (nSPS) is 25.3. The zero-order valence-corrected chi connectivity index (χ0v) is 13.4. The van der Waals surface area contributed by atoms with Crippen LogP contribution in [0.25, 0.3) is 0 Å². The lowest BCUT2D eigenvalue weighted by molar-refractivity contribution is -0.143. The Labute approximate surface area is 111 Å². The highest BCUT2D eigenvalue weighted by Gasteiger charge is 2.38. The second-order valence-electron chi connectivity index (χ2n) is 6.30. The zero-order chi connectivity index (χ0) is 14.0. The fourth-order valence-corrected chi connectivity index (χ4v) is 2.54. The Morgan fingerprint density at radius 1 is 1.33 bits per heavy atom. The molecule has 5 heteroatoms. The lowest BCUT2D eigenvalue weighted by Gasteiger charge is -2.36. The minimum atomic E-state index is -1.73. The van der Waals surface area contributed by atoms with Gasteiger partial charge in [0.2, 0.25) is 6.29 Å². The van der Waals surface area contributed by atoms with Gasteiger partial charge >= 0.3 is 5.97 Å². The summed E-state index contributed by atoms with van der Waals surface area (Å²) in [4.78, 5) is 11.5. The first kappa shape index (κ1) is 15.7. The lowest BCUT2D eigenvalue weighted by atomic mass is 10.2. The van der Waals surface area contributed by atoms with Crippen LogP contribution in [0.5, 0.6) is 0 Å². The number of rotatable bonds is 5. The number of hydrogen-bond donors (Lipinski definition) is 0. The van der Waals surface area contributed by atoms with E-state index in [-0.39, 0.29) is 17.3 Å². The maximum absolute atomic E-state index is 11.5. The van der Waals surface area contributed by atoms with E-state index in [9.17, 15) is 4.79 Å². The summed E-state index contributed by atoms with van der Waals surface area (Å²) in [6, 6.07) is 0. The molecular weight excluding hydrogens is 248 g/mol. The summed E-state index contributed by atoms with van der Waals surface area (Å²) < 4.78 is 16.6. The van der Waals surface area contributed by atoms with Crippen molar-refractivity contribution in [3.05, 3.63) is 0 Å². The van der Waals surface area contributed by atoms with E-state index in [4.69, 9.17) is 13.9 Å². The van der Waals surface area contributed by atoms with Crippen molar-refractivity contribution in [2.45, 2.75) is 71.1 Å². The molecule has 106 valence electrons.